The second-order valence-corrected chi connectivity index (χ2v) is 7.29. The molecule has 7 nitrogen and oxygen atoms in total. The molecule has 1 N–H and O–H groups in total. The van der Waals surface area contributed by atoms with Gasteiger partial charge in [-0.05, 0) is 56.2 Å². The Hall–Kier alpha value is -2.80. The molecule has 0 saturated carbocycles. The van der Waals surface area contributed by atoms with Gasteiger partial charge in [0.25, 0.3) is 0 Å². The van der Waals surface area contributed by atoms with E-state index in [2.05, 4.69) is 29.2 Å². The minimum Gasteiger partial charge on any atom is -0.494 e. The van der Waals surface area contributed by atoms with E-state index >= 15 is 0 Å². The van der Waals surface area contributed by atoms with Gasteiger partial charge in [-0.15, -0.1) is 0 Å². The highest BCUT2D eigenvalue weighted by atomic mass is 16.5. The number of rotatable bonds is 9. The molecule has 0 aliphatic carbocycles. The molecule has 1 aliphatic heterocycles. The lowest BCUT2D eigenvalue weighted by atomic mass is 10.1. The average molecular weight is 413 g/mol. The van der Waals surface area contributed by atoms with Crippen LogP contribution in [0.25, 0.3) is 0 Å². The number of aliphatic imine (C=N–C) groups is 1. The topological polar surface area (TPSA) is 68.2 Å². The van der Waals surface area contributed by atoms with Gasteiger partial charge in [0.1, 0.15) is 11.5 Å². The Balaban J connectivity index is 1.61. The van der Waals surface area contributed by atoms with Crippen LogP contribution >= 0.6 is 0 Å². The van der Waals surface area contributed by atoms with E-state index in [4.69, 9.17) is 19.2 Å². The van der Waals surface area contributed by atoms with Gasteiger partial charge >= 0.3 is 0 Å². The van der Waals surface area contributed by atoms with E-state index in [1.807, 2.05) is 43.3 Å². The summed E-state index contributed by atoms with van der Waals surface area (Å²) in [5, 5.41) is 3.37. The molecule has 1 aliphatic rings. The first-order chi connectivity index (χ1) is 14.7. The van der Waals surface area contributed by atoms with Crippen LogP contribution in [0.2, 0.25) is 0 Å². The zero-order valence-electron chi connectivity index (χ0n) is 18.1. The molecule has 1 aromatic carbocycles. The molecular weight excluding hydrogens is 380 g/mol. The zero-order valence-corrected chi connectivity index (χ0v) is 18.1. The van der Waals surface area contributed by atoms with Crippen molar-refractivity contribution >= 4 is 5.96 Å². The zero-order chi connectivity index (χ0) is 21.2. The Labute approximate surface area is 179 Å². The Kier molecular flexibility index (Phi) is 8.32. The lowest BCUT2D eigenvalue weighted by Crippen LogP contribution is -2.41. The van der Waals surface area contributed by atoms with E-state index < -0.39 is 0 Å². The smallest absolute Gasteiger partial charge is 0.219 e. The van der Waals surface area contributed by atoms with Crippen molar-refractivity contribution in [2.75, 3.05) is 40.0 Å². The largest absolute Gasteiger partial charge is 0.494 e. The summed E-state index contributed by atoms with van der Waals surface area (Å²) in [5.74, 6) is 3.56. The van der Waals surface area contributed by atoms with Crippen molar-refractivity contribution in [2.24, 2.45) is 10.9 Å². The average Bonchev–Trinajstić information content (AvgIpc) is 3.26. The number of guanidine groups is 1. The summed E-state index contributed by atoms with van der Waals surface area (Å²) in [6.45, 7) is 8.70. The van der Waals surface area contributed by atoms with Gasteiger partial charge in [0.2, 0.25) is 5.88 Å². The third kappa shape index (κ3) is 6.62. The van der Waals surface area contributed by atoms with Crippen molar-refractivity contribution in [1.29, 1.82) is 0 Å². The Morgan fingerprint density at radius 3 is 2.73 bits per heavy atom. The monoisotopic (exact) mass is 412 g/mol. The van der Waals surface area contributed by atoms with Gasteiger partial charge in [0.15, 0.2) is 5.96 Å². The molecule has 0 radical (unpaired) electrons. The summed E-state index contributed by atoms with van der Waals surface area (Å²) >= 11 is 0. The summed E-state index contributed by atoms with van der Waals surface area (Å²) < 4.78 is 16.8. The van der Waals surface area contributed by atoms with Crippen molar-refractivity contribution in [3.05, 3.63) is 48.2 Å². The van der Waals surface area contributed by atoms with Crippen LogP contribution in [0.15, 0.2) is 47.6 Å². The minimum absolute atomic E-state index is 0.549. The molecule has 7 heteroatoms. The van der Waals surface area contributed by atoms with Gasteiger partial charge in [-0.1, -0.05) is 0 Å². The van der Waals surface area contributed by atoms with Crippen molar-refractivity contribution in [3.63, 3.8) is 0 Å². The summed E-state index contributed by atoms with van der Waals surface area (Å²) in [6.07, 6.45) is 2.86. The Morgan fingerprint density at radius 2 is 2.03 bits per heavy atom. The van der Waals surface area contributed by atoms with E-state index in [9.17, 15) is 0 Å². The number of benzene rings is 1. The van der Waals surface area contributed by atoms with Crippen molar-refractivity contribution in [3.8, 4) is 17.4 Å². The molecule has 162 valence electrons. The first-order valence-corrected chi connectivity index (χ1v) is 10.6. The maximum Gasteiger partial charge on any atom is 0.219 e. The van der Waals surface area contributed by atoms with E-state index in [0.29, 0.717) is 24.9 Å². The molecule has 2 heterocycles. The summed E-state index contributed by atoms with van der Waals surface area (Å²) in [7, 11) is 2.08. The van der Waals surface area contributed by atoms with E-state index in [1.165, 1.54) is 0 Å². The Morgan fingerprint density at radius 1 is 1.23 bits per heavy atom. The van der Waals surface area contributed by atoms with Crippen molar-refractivity contribution < 1.29 is 14.2 Å². The first-order valence-electron chi connectivity index (χ1n) is 10.6. The molecule has 3 rings (SSSR count). The van der Waals surface area contributed by atoms with Crippen molar-refractivity contribution in [1.82, 2.24) is 15.2 Å². The molecule has 1 aromatic heterocycles. The minimum atomic E-state index is 0.549. The fraction of sp³-hybridized carbons (Fsp3) is 0.478. The van der Waals surface area contributed by atoms with Gasteiger partial charge in [0, 0.05) is 44.9 Å². The number of hydrogen-bond acceptors (Lipinski definition) is 5. The highest BCUT2D eigenvalue weighted by Gasteiger charge is 2.19. The third-order valence-electron chi connectivity index (χ3n) is 4.82. The summed E-state index contributed by atoms with van der Waals surface area (Å²) in [4.78, 5) is 11.3. The second kappa shape index (κ2) is 11.4. The molecule has 1 fully saturated rings. The number of nitrogens with zero attached hydrogens (tertiary/aromatic N) is 3. The SMILES string of the molecule is CCNC(=NCc1ccnc(Oc2ccc(OCC)cc2)c1)N(C)CC1CCOC1. The van der Waals surface area contributed by atoms with Gasteiger partial charge in [-0.2, -0.15) is 0 Å². The van der Waals surface area contributed by atoms with Crippen LogP contribution in [-0.2, 0) is 11.3 Å². The first kappa shape index (κ1) is 21.9. The molecule has 2 aromatic rings. The lowest BCUT2D eigenvalue weighted by Gasteiger charge is -2.24. The maximum absolute atomic E-state index is 5.89. The van der Waals surface area contributed by atoms with Gasteiger partial charge in [-0.3, -0.25) is 0 Å². The number of hydrogen-bond donors (Lipinski definition) is 1. The summed E-state index contributed by atoms with van der Waals surface area (Å²) in [6, 6.07) is 11.4. The highest BCUT2D eigenvalue weighted by molar-refractivity contribution is 5.79. The molecule has 0 amide bonds. The predicted molar refractivity (Wildman–Crippen MR) is 118 cm³/mol. The fourth-order valence-corrected chi connectivity index (χ4v) is 3.33. The molecule has 1 unspecified atom stereocenters. The van der Waals surface area contributed by atoms with Gasteiger partial charge < -0.3 is 24.4 Å². The van der Waals surface area contributed by atoms with Crippen LogP contribution in [-0.4, -0.2) is 55.8 Å². The van der Waals surface area contributed by atoms with Crippen LogP contribution in [0, 0.1) is 5.92 Å². The fourth-order valence-electron chi connectivity index (χ4n) is 3.33. The number of pyridine rings is 1. The van der Waals surface area contributed by atoms with Crippen LogP contribution in [0.4, 0.5) is 0 Å². The second-order valence-electron chi connectivity index (χ2n) is 7.29. The quantitative estimate of drug-likeness (QED) is 0.500. The normalized spacial score (nSPS) is 16.4. The molecule has 0 bridgehead atoms. The van der Waals surface area contributed by atoms with Crippen LogP contribution in [0.5, 0.6) is 17.4 Å². The summed E-state index contributed by atoms with van der Waals surface area (Å²) in [5.41, 5.74) is 1.04. The molecule has 30 heavy (non-hydrogen) atoms. The number of aromatic nitrogens is 1. The lowest BCUT2D eigenvalue weighted by molar-refractivity contribution is 0.181. The van der Waals surface area contributed by atoms with Gasteiger partial charge in [0.05, 0.1) is 19.8 Å². The number of ether oxygens (including phenoxy) is 3. The molecular formula is C23H32N4O3. The molecule has 0 spiro atoms. The van der Waals surface area contributed by atoms with E-state index in [-0.39, 0.29) is 0 Å². The van der Waals surface area contributed by atoms with Crippen LogP contribution in [0.1, 0.15) is 25.8 Å². The highest BCUT2D eigenvalue weighted by Crippen LogP contribution is 2.23. The maximum atomic E-state index is 5.89. The molecule has 1 saturated heterocycles. The number of nitrogens with one attached hydrogen (secondary N) is 1. The predicted octanol–water partition coefficient (Wildman–Crippen LogP) is 3.71. The molecule has 1 atom stereocenters. The van der Waals surface area contributed by atoms with Crippen LogP contribution in [0.3, 0.4) is 0 Å². The van der Waals surface area contributed by atoms with E-state index in [1.54, 1.807) is 6.20 Å². The third-order valence-corrected chi connectivity index (χ3v) is 4.82. The Bertz CT molecular complexity index is 804. The van der Waals surface area contributed by atoms with Crippen molar-refractivity contribution in [2.45, 2.75) is 26.8 Å². The standard InChI is InChI=1S/C23H32N4O3/c1-4-24-23(27(3)16-19-11-13-28-17-19)26-15-18-10-12-25-22(14-18)30-21-8-6-20(7-9-21)29-5-2/h6-10,12,14,19H,4-5,11,13,15-17H2,1-3H3,(H,24,26). The van der Waals surface area contributed by atoms with E-state index in [0.717, 1.165) is 55.7 Å². The van der Waals surface area contributed by atoms with Crippen LogP contribution < -0.4 is 14.8 Å². The van der Waals surface area contributed by atoms with Gasteiger partial charge in [-0.25, -0.2) is 9.98 Å².